The van der Waals surface area contributed by atoms with Crippen LogP contribution in [0.5, 0.6) is 0 Å². The van der Waals surface area contributed by atoms with E-state index in [1.54, 1.807) is 0 Å². The van der Waals surface area contributed by atoms with Crippen LogP contribution in [0.25, 0.3) is 21.5 Å². The molecule has 236 valence electrons. The molecular formula is C39H46N2O4. The Hall–Kier alpha value is -3.74. The van der Waals surface area contributed by atoms with Gasteiger partial charge in [-0.3, -0.25) is 9.59 Å². The van der Waals surface area contributed by atoms with Gasteiger partial charge in [-0.25, -0.2) is 0 Å². The van der Waals surface area contributed by atoms with Crippen molar-refractivity contribution in [3.63, 3.8) is 0 Å². The molecule has 0 bridgehead atoms. The number of nitrogens with one attached hydrogen (secondary N) is 2. The second kappa shape index (κ2) is 12.6. The topological polar surface area (TPSA) is 98.7 Å². The predicted molar refractivity (Wildman–Crippen MR) is 180 cm³/mol. The summed E-state index contributed by atoms with van der Waals surface area (Å²) in [5.74, 6) is -0.724. The molecule has 4 N–H and O–H groups in total. The van der Waals surface area contributed by atoms with E-state index in [4.69, 9.17) is 0 Å². The van der Waals surface area contributed by atoms with Crippen LogP contribution in [-0.4, -0.2) is 33.2 Å². The molecule has 2 fully saturated rings. The molecule has 2 aliphatic rings. The second-order valence-corrected chi connectivity index (χ2v) is 13.4. The summed E-state index contributed by atoms with van der Waals surface area (Å²) in [6, 6.07) is 26.7. The summed E-state index contributed by atoms with van der Waals surface area (Å²) in [6.45, 7) is 3.99. The lowest BCUT2D eigenvalue weighted by Crippen LogP contribution is -2.59. The van der Waals surface area contributed by atoms with E-state index in [-0.39, 0.29) is 11.8 Å². The highest BCUT2D eigenvalue weighted by molar-refractivity contribution is 6.05. The summed E-state index contributed by atoms with van der Waals surface area (Å²) >= 11 is 0. The van der Waals surface area contributed by atoms with Crippen molar-refractivity contribution in [1.29, 1.82) is 0 Å². The van der Waals surface area contributed by atoms with Gasteiger partial charge >= 0.3 is 0 Å². The Balaban J connectivity index is 1.39. The van der Waals surface area contributed by atoms with Crippen LogP contribution in [0.2, 0.25) is 0 Å². The third-order valence-electron chi connectivity index (χ3n) is 10.6. The number of carbonyl (C=O) groups excluding carboxylic acids is 2. The van der Waals surface area contributed by atoms with Crippen molar-refractivity contribution in [2.45, 2.75) is 101 Å². The molecule has 45 heavy (non-hydrogen) atoms. The lowest BCUT2D eigenvalue weighted by atomic mass is 9.69. The normalized spacial score (nSPS) is 18.4. The number of hydrogen-bond donors (Lipinski definition) is 4. The average Bonchev–Trinajstić information content (AvgIpc) is 3.03. The Morgan fingerprint density at radius 3 is 1.38 bits per heavy atom. The van der Waals surface area contributed by atoms with E-state index in [9.17, 15) is 19.8 Å². The fourth-order valence-corrected chi connectivity index (χ4v) is 7.74. The predicted octanol–water partition coefficient (Wildman–Crippen LogP) is 7.42. The van der Waals surface area contributed by atoms with E-state index in [0.29, 0.717) is 51.4 Å². The van der Waals surface area contributed by atoms with Gasteiger partial charge in [-0.05, 0) is 84.0 Å². The quantitative estimate of drug-likeness (QED) is 0.126. The minimum atomic E-state index is -1.37. The van der Waals surface area contributed by atoms with E-state index in [1.807, 2.05) is 98.8 Å². The van der Waals surface area contributed by atoms with E-state index >= 15 is 0 Å². The molecule has 0 aliphatic heterocycles. The maximum Gasteiger partial charge on any atom is 0.236 e. The van der Waals surface area contributed by atoms with Crippen LogP contribution in [0.4, 0.5) is 0 Å². The molecule has 6 nitrogen and oxygen atoms in total. The van der Waals surface area contributed by atoms with Gasteiger partial charge in [0.05, 0.1) is 23.3 Å². The first-order valence-corrected chi connectivity index (χ1v) is 16.8. The smallest absolute Gasteiger partial charge is 0.236 e. The van der Waals surface area contributed by atoms with Crippen molar-refractivity contribution in [3.05, 3.63) is 96.1 Å². The fourth-order valence-electron chi connectivity index (χ4n) is 7.74. The van der Waals surface area contributed by atoms with Gasteiger partial charge in [-0.15, -0.1) is 0 Å². The monoisotopic (exact) mass is 606 g/mol. The van der Waals surface area contributed by atoms with Crippen molar-refractivity contribution in [3.8, 4) is 0 Å². The molecule has 0 heterocycles. The van der Waals surface area contributed by atoms with Gasteiger partial charge in [-0.2, -0.15) is 0 Å². The summed E-state index contributed by atoms with van der Waals surface area (Å²) in [6.07, 6.45) is 6.08. The van der Waals surface area contributed by atoms with Crippen molar-refractivity contribution < 1.29 is 19.8 Å². The highest BCUT2D eigenvalue weighted by atomic mass is 16.3. The number of benzene rings is 4. The molecule has 6 rings (SSSR count). The maximum absolute atomic E-state index is 14.7. The molecule has 0 unspecified atom stereocenters. The fraction of sp³-hybridized carbons (Fsp3) is 0.436. The van der Waals surface area contributed by atoms with Crippen molar-refractivity contribution in [2.24, 2.45) is 5.41 Å². The molecule has 6 heteroatoms. The van der Waals surface area contributed by atoms with Crippen LogP contribution in [0, 0.1) is 5.41 Å². The molecule has 4 aromatic carbocycles. The number of hydrogen-bond acceptors (Lipinski definition) is 4. The van der Waals surface area contributed by atoms with E-state index in [1.165, 1.54) is 0 Å². The van der Waals surface area contributed by atoms with E-state index in [2.05, 4.69) is 10.6 Å². The Labute approximate surface area is 266 Å². The van der Waals surface area contributed by atoms with Gasteiger partial charge in [0.15, 0.2) is 0 Å². The molecule has 0 aromatic heterocycles. The molecular weight excluding hydrogens is 560 g/mol. The van der Waals surface area contributed by atoms with Crippen LogP contribution >= 0.6 is 0 Å². The highest BCUT2D eigenvalue weighted by Crippen LogP contribution is 2.47. The van der Waals surface area contributed by atoms with Gasteiger partial charge in [0.1, 0.15) is 5.41 Å². The van der Waals surface area contributed by atoms with Crippen molar-refractivity contribution in [2.75, 3.05) is 0 Å². The Kier molecular flexibility index (Phi) is 8.73. The minimum absolute atomic E-state index is 0.361. The number of carbonyl (C=O) groups is 2. The van der Waals surface area contributed by atoms with Gasteiger partial charge in [-0.1, -0.05) is 112 Å². The van der Waals surface area contributed by atoms with Crippen LogP contribution in [-0.2, 0) is 9.59 Å². The lowest BCUT2D eigenvalue weighted by molar-refractivity contribution is -0.151. The van der Waals surface area contributed by atoms with Gasteiger partial charge in [0.2, 0.25) is 11.8 Å². The largest absolute Gasteiger partial charge is 0.387 e. The first kappa shape index (κ1) is 31.3. The molecule has 2 saturated carbocycles. The van der Waals surface area contributed by atoms with E-state index < -0.39 is 28.7 Å². The molecule has 0 saturated heterocycles. The standard InChI is InChI=1S/C39H46N2O4/c1-3-21-37(22-4-2,35(42)40-33(38(44)23-11-24-38)31-19-9-15-27-13-5-7-17-29(27)31)36(43)41-34(39(45)25-12-26-39)32-20-10-16-28-14-6-8-18-30(28)32/h5-10,13-20,33-34,44-45H,3-4,11-12,21-26H2,1-2H3,(H,40,42)(H,41,43)/t33-,34-/m0/s1. The third kappa shape index (κ3) is 5.64. The number of rotatable bonds is 12. The molecule has 4 aromatic rings. The average molecular weight is 607 g/mol. The lowest BCUT2D eigenvalue weighted by Gasteiger charge is -2.46. The number of aliphatic hydroxyl groups is 2. The Bertz CT molecular complexity index is 1550. The zero-order valence-corrected chi connectivity index (χ0v) is 26.5. The summed E-state index contributed by atoms with van der Waals surface area (Å²) in [4.78, 5) is 29.4. The van der Waals surface area contributed by atoms with Crippen LogP contribution in [0.1, 0.15) is 101 Å². The van der Waals surface area contributed by atoms with Crippen LogP contribution in [0.15, 0.2) is 84.9 Å². The Morgan fingerprint density at radius 2 is 1.02 bits per heavy atom. The summed E-state index contributed by atoms with van der Waals surface area (Å²) < 4.78 is 0. The Morgan fingerprint density at radius 1 is 0.644 bits per heavy atom. The van der Waals surface area contributed by atoms with Crippen molar-refractivity contribution in [1.82, 2.24) is 10.6 Å². The molecule has 0 spiro atoms. The minimum Gasteiger partial charge on any atom is -0.387 e. The van der Waals surface area contributed by atoms with E-state index in [0.717, 1.165) is 45.5 Å². The zero-order chi connectivity index (χ0) is 31.7. The van der Waals surface area contributed by atoms with Gasteiger partial charge in [0, 0.05) is 0 Å². The molecule has 2 amide bonds. The summed E-state index contributed by atoms with van der Waals surface area (Å²) in [5, 5.41) is 34.1. The first-order chi connectivity index (χ1) is 21.7. The zero-order valence-electron chi connectivity index (χ0n) is 26.5. The number of amides is 2. The SMILES string of the molecule is CCCC(CCC)(C(=O)N[C@@H](c1cccc2ccccc12)C1(O)CCC1)C(=O)N[C@@H](c1cccc2ccccc12)C1(O)CCC1. The van der Waals surface area contributed by atoms with Crippen LogP contribution < -0.4 is 10.6 Å². The van der Waals surface area contributed by atoms with Crippen LogP contribution in [0.3, 0.4) is 0 Å². The summed E-state index contributed by atoms with van der Waals surface area (Å²) in [7, 11) is 0. The number of fused-ring (bicyclic) bond motifs is 2. The summed E-state index contributed by atoms with van der Waals surface area (Å²) in [5.41, 5.74) is -1.82. The highest BCUT2D eigenvalue weighted by Gasteiger charge is 2.52. The second-order valence-electron chi connectivity index (χ2n) is 13.4. The molecule has 0 radical (unpaired) electrons. The molecule has 2 atom stereocenters. The maximum atomic E-state index is 14.7. The molecule has 2 aliphatic carbocycles. The first-order valence-electron chi connectivity index (χ1n) is 16.8. The van der Waals surface area contributed by atoms with Gasteiger partial charge < -0.3 is 20.8 Å². The van der Waals surface area contributed by atoms with Gasteiger partial charge in [0.25, 0.3) is 0 Å². The third-order valence-corrected chi connectivity index (χ3v) is 10.6. The van der Waals surface area contributed by atoms with Crippen molar-refractivity contribution >= 4 is 33.4 Å².